The van der Waals surface area contributed by atoms with E-state index >= 15 is 0 Å². The van der Waals surface area contributed by atoms with Crippen molar-refractivity contribution in [2.45, 2.75) is 20.3 Å². The quantitative estimate of drug-likeness (QED) is 0.669. The molecule has 0 aliphatic rings. The number of ether oxygens (including phenoxy) is 2. The highest BCUT2D eigenvalue weighted by molar-refractivity contribution is 5.78. The average molecular weight is 294 g/mol. The summed E-state index contributed by atoms with van der Waals surface area (Å²) in [5, 5.41) is 5.34. The van der Waals surface area contributed by atoms with Gasteiger partial charge in [0.1, 0.15) is 0 Å². The zero-order chi connectivity index (χ0) is 15.5. The van der Waals surface area contributed by atoms with Gasteiger partial charge in [0.2, 0.25) is 5.91 Å². The molecule has 0 saturated heterocycles. The van der Waals surface area contributed by atoms with Crippen molar-refractivity contribution < 1.29 is 19.1 Å². The van der Waals surface area contributed by atoms with E-state index in [0.717, 1.165) is 0 Å². The molecule has 6 heteroatoms. The van der Waals surface area contributed by atoms with Gasteiger partial charge < -0.3 is 20.1 Å². The second-order valence-corrected chi connectivity index (χ2v) is 4.22. The fourth-order valence-electron chi connectivity index (χ4n) is 1.57. The van der Waals surface area contributed by atoms with E-state index in [1.807, 2.05) is 19.1 Å². The Morgan fingerprint density at radius 1 is 0.952 bits per heavy atom. The number of hydrogen-bond donors (Lipinski definition) is 2. The van der Waals surface area contributed by atoms with E-state index in [-0.39, 0.29) is 18.4 Å². The zero-order valence-electron chi connectivity index (χ0n) is 12.5. The van der Waals surface area contributed by atoms with Crippen LogP contribution < -0.4 is 20.1 Å². The summed E-state index contributed by atoms with van der Waals surface area (Å²) in [4.78, 5) is 22.6. The molecule has 0 fully saturated rings. The molecule has 21 heavy (non-hydrogen) atoms. The van der Waals surface area contributed by atoms with Gasteiger partial charge in [0.15, 0.2) is 18.1 Å². The second kappa shape index (κ2) is 9.63. The van der Waals surface area contributed by atoms with Crippen LogP contribution in [0.2, 0.25) is 0 Å². The van der Waals surface area contributed by atoms with Gasteiger partial charge in [-0.25, -0.2) is 0 Å². The molecule has 1 aromatic carbocycles. The number of amides is 2. The molecule has 0 saturated carbocycles. The number of para-hydroxylation sites is 2. The van der Waals surface area contributed by atoms with E-state index < -0.39 is 0 Å². The SMILES string of the molecule is CCOc1ccccc1OCC(=O)NCCNC(=O)CC. The molecule has 0 bridgehead atoms. The maximum atomic E-state index is 11.6. The Balaban J connectivity index is 2.28. The van der Waals surface area contributed by atoms with E-state index in [0.29, 0.717) is 37.6 Å². The minimum absolute atomic E-state index is 0.0360. The summed E-state index contributed by atoms with van der Waals surface area (Å²) >= 11 is 0. The first-order chi connectivity index (χ1) is 10.2. The first-order valence-electron chi connectivity index (χ1n) is 7.05. The monoisotopic (exact) mass is 294 g/mol. The maximum Gasteiger partial charge on any atom is 0.258 e. The van der Waals surface area contributed by atoms with E-state index in [2.05, 4.69) is 10.6 Å². The van der Waals surface area contributed by atoms with Crippen LogP contribution >= 0.6 is 0 Å². The van der Waals surface area contributed by atoms with Crippen molar-refractivity contribution in [1.82, 2.24) is 10.6 Å². The van der Waals surface area contributed by atoms with Gasteiger partial charge in [-0.1, -0.05) is 19.1 Å². The summed E-state index contributed by atoms with van der Waals surface area (Å²) in [5.74, 6) is 0.870. The smallest absolute Gasteiger partial charge is 0.258 e. The molecule has 1 rings (SSSR count). The lowest BCUT2D eigenvalue weighted by Crippen LogP contribution is -2.36. The van der Waals surface area contributed by atoms with Crippen LogP contribution in [0.4, 0.5) is 0 Å². The Bertz CT molecular complexity index is 463. The molecule has 0 aliphatic carbocycles. The Morgan fingerprint density at radius 3 is 2.10 bits per heavy atom. The largest absolute Gasteiger partial charge is 0.490 e. The number of carbonyl (C=O) groups is 2. The van der Waals surface area contributed by atoms with Gasteiger partial charge in [-0.2, -0.15) is 0 Å². The number of rotatable bonds is 9. The third-order valence-corrected chi connectivity index (χ3v) is 2.60. The molecule has 1 aromatic rings. The summed E-state index contributed by atoms with van der Waals surface area (Å²) in [6.45, 7) is 4.89. The van der Waals surface area contributed by atoms with Crippen molar-refractivity contribution in [2.75, 3.05) is 26.3 Å². The number of hydrogen-bond acceptors (Lipinski definition) is 4. The highest BCUT2D eigenvalue weighted by Crippen LogP contribution is 2.26. The van der Waals surface area contributed by atoms with Gasteiger partial charge in [0.05, 0.1) is 6.61 Å². The molecular formula is C15H22N2O4. The highest BCUT2D eigenvalue weighted by Gasteiger charge is 2.07. The standard InChI is InChI=1S/C15H22N2O4/c1-3-14(18)16-9-10-17-15(19)11-21-13-8-6-5-7-12(13)20-4-2/h5-8H,3-4,9-11H2,1-2H3,(H,16,18)(H,17,19). The third kappa shape index (κ3) is 6.65. The van der Waals surface area contributed by atoms with Gasteiger partial charge in [-0.15, -0.1) is 0 Å². The Kier molecular flexibility index (Phi) is 7.71. The lowest BCUT2D eigenvalue weighted by Gasteiger charge is -2.11. The van der Waals surface area contributed by atoms with Gasteiger partial charge >= 0.3 is 0 Å². The van der Waals surface area contributed by atoms with Crippen molar-refractivity contribution in [3.8, 4) is 11.5 Å². The molecule has 2 amide bonds. The van der Waals surface area contributed by atoms with Gasteiger partial charge in [-0.3, -0.25) is 9.59 Å². The van der Waals surface area contributed by atoms with Crippen LogP contribution in [0.5, 0.6) is 11.5 Å². The van der Waals surface area contributed by atoms with E-state index in [4.69, 9.17) is 9.47 Å². The number of benzene rings is 1. The molecule has 6 nitrogen and oxygen atoms in total. The van der Waals surface area contributed by atoms with Gasteiger partial charge in [0.25, 0.3) is 5.91 Å². The molecule has 0 unspecified atom stereocenters. The normalized spacial score (nSPS) is 9.81. The van der Waals surface area contributed by atoms with Crippen molar-refractivity contribution >= 4 is 11.8 Å². The van der Waals surface area contributed by atoms with Gasteiger partial charge in [-0.05, 0) is 19.1 Å². The summed E-state index contributed by atoms with van der Waals surface area (Å²) < 4.78 is 10.8. The van der Waals surface area contributed by atoms with E-state index in [9.17, 15) is 9.59 Å². The second-order valence-electron chi connectivity index (χ2n) is 4.22. The van der Waals surface area contributed by atoms with Crippen LogP contribution in [0.15, 0.2) is 24.3 Å². The minimum atomic E-state index is -0.243. The molecule has 0 atom stereocenters. The number of carbonyl (C=O) groups excluding carboxylic acids is 2. The predicted molar refractivity (Wildman–Crippen MR) is 79.4 cm³/mol. The van der Waals surface area contributed by atoms with Crippen LogP contribution in [0, 0.1) is 0 Å². The Labute approximate surface area is 124 Å². The fourth-order valence-corrected chi connectivity index (χ4v) is 1.57. The van der Waals surface area contributed by atoms with Crippen LogP contribution in [-0.4, -0.2) is 38.1 Å². The molecule has 116 valence electrons. The van der Waals surface area contributed by atoms with Gasteiger partial charge in [0, 0.05) is 19.5 Å². The summed E-state index contributed by atoms with van der Waals surface area (Å²) in [7, 11) is 0. The van der Waals surface area contributed by atoms with Crippen molar-refractivity contribution in [3.05, 3.63) is 24.3 Å². The molecule has 0 heterocycles. The summed E-state index contributed by atoms with van der Waals surface area (Å²) in [6, 6.07) is 7.20. The van der Waals surface area contributed by atoms with Crippen LogP contribution in [0.1, 0.15) is 20.3 Å². The maximum absolute atomic E-state index is 11.6. The number of nitrogens with one attached hydrogen (secondary N) is 2. The molecule has 0 aliphatic heterocycles. The third-order valence-electron chi connectivity index (χ3n) is 2.60. The molecule has 0 spiro atoms. The summed E-state index contributed by atoms with van der Waals surface area (Å²) in [6.07, 6.45) is 0.436. The fraction of sp³-hybridized carbons (Fsp3) is 0.467. The lowest BCUT2D eigenvalue weighted by molar-refractivity contribution is -0.124. The molecule has 0 aromatic heterocycles. The Morgan fingerprint density at radius 2 is 1.52 bits per heavy atom. The molecule has 0 radical (unpaired) electrons. The minimum Gasteiger partial charge on any atom is -0.490 e. The van der Waals surface area contributed by atoms with Crippen LogP contribution in [0.3, 0.4) is 0 Å². The van der Waals surface area contributed by atoms with Crippen molar-refractivity contribution in [2.24, 2.45) is 0 Å². The van der Waals surface area contributed by atoms with Crippen LogP contribution in [-0.2, 0) is 9.59 Å². The first-order valence-corrected chi connectivity index (χ1v) is 7.05. The zero-order valence-corrected chi connectivity index (χ0v) is 12.5. The first kappa shape index (κ1) is 16.8. The summed E-state index contributed by atoms with van der Waals surface area (Å²) in [5.41, 5.74) is 0. The average Bonchev–Trinajstić information content (AvgIpc) is 2.50. The molecular weight excluding hydrogens is 272 g/mol. The molecule has 2 N–H and O–H groups in total. The Hall–Kier alpha value is -2.24. The topological polar surface area (TPSA) is 76.7 Å². The van der Waals surface area contributed by atoms with E-state index in [1.54, 1.807) is 19.1 Å². The highest BCUT2D eigenvalue weighted by atomic mass is 16.5. The lowest BCUT2D eigenvalue weighted by atomic mass is 10.3. The van der Waals surface area contributed by atoms with E-state index in [1.165, 1.54) is 0 Å². The van der Waals surface area contributed by atoms with Crippen molar-refractivity contribution in [1.29, 1.82) is 0 Å². The van der Waals surface area contributed by atoms with Crippen molar-refractivity contribution in [3.63, 3.8) is 0 Å². The predicted octanol–water partition coefficient (Wildman–Crippen LogP) is 1.11. The van der Waals surface area contributed by atoms with Crippen LogP contribution in [0.25, 0.3) is 0 Å².